The molecule has 1 unspecified atom stereocenters. The van der Waals surface area contributed by atoms with E-state index < -0.39 is 0 Å². The Morgan fingerprint density at radius 1 is 1.15 bits per heavy atom. The summed E-state index contributed by atoms with van der Waals surface area (Å²) >= 11 is 0. The Morgan fingerprint density at radius 3 is 2.81 bits per heavy atom. The van der Waals surface area contributed by atoms with Gasteiger partial charge in [0, 0.05) is 0 Å². The Kier molecular flexibility index (Phi) is 4.96. The van der Waals surface area contributed by atoms with Gasteiger partial charge in [-0.3, -0.25) is 0 Å². The molecule has 4 fully saturated rings. The predicted molar refractivity (Wildman–Crippen MR) is 108 cm³/mol. The Bertz CT molecular complexity index is 585. The monoisotopic (exact) mass is 358 g/mol. The third-order valence-corrected chi connectivity index (χ3v) is 8.88. The number of rotatable bonds is 4. The lowest BCUT2D eigenvalue weighted by Crippen LogP contribution is -2.53. The SMILES string of the molecule is C=C1C[C@H]2[C@@H]3CCC[C@@]3(C)CC[C@@H]2[C@@]2(C)CCC(=NOCCCN)CC12. The number of hydrogen-bond acceptors (Lipinski definition) is 3. The molecule has 4 aliphatic carbocycles. The van der Waals surface area contributed by atoms with E-state index >= 15 is 0 Å². The lowest BCUT2D eigenvalue weighted by Gasteiger charge is -2.60. The standard InChI is InChI=1S/C23H38N2O/c1-16-14-18-19-6-4-9-22(19,2)10-8-20(18)23(3)11-7-17(15-21(16)23)25-26-13-5-12-24/h18-21H,1,4-15,24H2,2-3H3/t18-,19-,20-,21?,22-,23+/m0/s1. The molecule has 0 radical (unpaired) electrons. The number of fused-ring (bicyclic) bond motifs is 5. The summed E-state index contributed by atoms with van der Waals surface area (Å²) in [4.78, 5) is 5.52. The average Bonchev–Trinajstić information content (AvgIpc) is 3.02. The first-order chi connectivity index (χ1) is 12.5. The number of oxime groups is 1. The van der Waals surface area contributed by atoms with Gasteiger partial charge in [-0.05, 0) is 98.8 Å². The summed E-state index contributed by atoms with van der Waals surface area (Å²) in [5, 5.41) is 4.47. The van der Waals surface area contributed by atoms with Crippen molar-refractivity contribution in [2.75, 3.05) is 13.2 Å². The van der Waals surface area contributed by atoms with Gasteiger partial charge in [0.05, 0.1) is 5.71 Å². The van der Waals surface area contributed by atoms with E-state index in [0.29, 0.717) is 29.9 Å². The minimum atomic E-state index is 0.431. The maximum absolute atomic E-state index is 5.54. The molecule has 0 heterocycles. The van der Waals surface area contributed by atoms with E-state index in [0.717, 1.165) is 37.0 Å². The number of nitrogens with zero attached hydrogens (tertiary/aromatic N) is 1. The Labute approximate surface area is 159 Å². The first-order valence-corrected chi connectivity index (χ1v) is 11.0. The molecular formula is C23H38N2O. The summed E-state index contributed by atoms with van der Waals surface area (Å²) in [6, 6.07) is 0. The van der Waals surface area contributed by atoms with Crippen molar-refractivity contribution in [1.82, 2.24) is 0 Å². The second-order valence-electron chi connectivity index (χ2n) is 10.2. The summed E-state index contributed by atoms with van der Waals surface area (Å²) in [7, 11) is 0. The molecule has 3 heteroatoms. The van der Waals surface area contributed by atoms with Crippen LogP contribution in [0.2, 0.25) is 0 Å². The van der Waals surface area contributed by atoms with Crippen molar-refractivity contribution < 1.29 is 4.84 Å². The van der Waals surface area contributed by atoms with Crippen LogP contribution in [0, 0.1) is 34.5 Å². The molecule has 0 aromatic rings. The summed E-state index contributed by atoms with van der Waals surface area (Å²) in [5.41, 5.74) is 9.37. The highest BCUT2D eigenvalue weighted by Gasteiger charge is 2.58. The zero-order valence-corrected chi connectivity index (χ0v) is 16.9. The second kappa shape index (κ2) is 6.96. The van der Waals surface area contributed by atoms with Crippen LogP contribution in [0.25, 0.3) is 0 Å². The summed E-state index contributed by atoms with van der Waals surface area (Å²) < 4.78 is 0. The lowest BCUT2D eigenvalue weighted by molar-refractivity contribution is -0.0700. The highest BCUT2D eigenvalue weighted by molar-refractivity contribution is 5.85. The van der Waals surface area contributed by atoms with E-state index in [1.807, 2.05) is 0 Å². The molecule has 0 spiro atoms. The Balaban J connectivity index is 1.51. The van der Waals surface area contributed by atoms with Crippen LogP contribution in [0.1, 0.15) is 78.1 Å². The molecule has 0 bridgehead atoms. The van der Waals surface area contributed by atoms with Crippen LogP contribution in [-0.4, -0.2) is 18.9 Å². The summed E-state index contributed by atoms with van der Waals surface area (Å²) in [5.74, 6) is 3.35. The largest absolute Gasteiger partial charge is 0.396 e. The molecule has 4 rings (SSSR count). The van der Waals surface area contributed by atoms with Gasteiger partial charge in [0.2, 0.25) is 0 Å². The highest BCUT2D eigenvalue weighted by atomic mass is 16.6. The van der Waals surface area contributed by atoms with Gasteiger partial charge >= 0.3 is 0 Å². The average molecular weight is 359 g/mol. The molecule has 4 saturated carbocycles. The molecule has 0 aliphatic heterocycles. The number of nitrogens with two attached hydrogens (primary N) is 1. The van der Waals surface area contributed by atoms with Crippen LogP contribution in [-0.2, 0) is 4.84 Å². The van der Waals surface area contributed by atoms with E-state index in [9.17, 15) is 0 Å². The fourth-order valence-corrected chi connectivity index (χ4v) is 7.41. The first-order valence-electron chi connectivity index (χ1n) is 11.0. The summed E-state index contributed by atoms with van der Waals surface area (Å²) in [6.07, 6.45) is 12.9. The first kappa shape index (κ1) is 18.5. The molecule has 146 valence electrons. The van der Waals surface area contributed by atoms with E-state index in [1.165, 1.54) is 56.2 Å². The van der Waals surface area contributed by atoms with Gasteiger partial charge in [-0.15, -0.1) is 0 Å². The second-order valence-corrected chi connectivity index (χ2v) is 10.2. The number of hydrogen-bond donors (Lipinski definition) is 1. The minimum absolute atomic E-state index is 0.431. The maximum atomic E-state index is 5.54. The molecule has 4 aliphatic rings. The third-order valence-electron chi connectivity index (χ3n) is 8.88. The third kappa shape index (κ3) is 2.95. The molecule has 2 N–H and O–H groups in total. The van der Waals surface area contributed by atoms with Gasteiger partial charge in [-0.25, -0.2) is 0 Å². The van der Waals surface area contributed by atoms with Gasteiger partial charge in [0.25, 0.3) is 0 Å². The predicted octanol–water partition coefficient (Wildman–Crippen LogP) is 5.31. The van der Waals surface area contributed by atoms with Gasteiger partial charge in [-0.1, -0.05) is 37.6 Å². The van der Waals surface area contributed by atoms with Crippen molar-refractivity contribution in [3.05, 3.63) is 12.2 Å². The van der Waals surface area contributed by atoms with Crippen molar-refractivity contribution in [1.29, 1.82) is 0 Å². The van der Waals surface area contributed by atoms with E-state index in [-0.39, 0.29) is 0 Å². The molecule has 0 amide bonds. The Hall–Kier alpha value is -0.830. The molecule has 0 aromatic carbocycles. The lowest BCUT2D eigenvalue weighted by atomic mass is 9.44. The van der Waals surface area contributed by atoms with E-state index in [2.05, 4.69) is 25.6 Å². The fourth-order valence-electron chi connectivity index (χ4n) is 7.41. The van der Waals surface area contributed by atoms with Crippen LogP contribution in [0.5, 0.6) is 0 Å². The van der Waals surface area contributed by atoms with E-state index in [1.54, 1.807) is 0 Å². The Morgan fingerprint density at radius 2 is 2.00 bits per heavy atom. The smallest absolute Gasteiger partial charge is 0.118 e. The molecule has 0 saturated heterocycles. The number of allylic oxidation sites excluding steroid dienone is 1. The quantitative estimate of drug-likeness (QED) is 0.421. The van der Waals surface area contributed by atoms with Crippen molar-refractivity contribution >= 4 is 5.71 Å². The zero-order chi connectivity index (χ0) is 18.4. The normalized spacial score (nSPS) is 46.6. The van der Waals surface area contributed by atoms with Crippen LogP contribution >= 0.6 is 0 Å². The highest BCUT2D eigenvalue weighted by Crippen LogP contribution is 2.66. The summed E-state index contributed by atoms with van der Waals surface area (Å²) in [6.45, 7) is 11.1. The molecule has 3 nitrogen and oxygen atoms in total. The maximum Gasteiger partial charge on any atom is 0.118 e. The molecule has 26 heavy (non-hydrogen) atoms. The van der Waals surface area contributed by atoms with Crippen LogP contribution in [0.4, 0.5) is 0 Å². The zero-order valence-electron chi connectivity index (χ0n) is 16.9. The van der Waals surface area contributed by atoms with Crippen molar-refractivity contribution in [2.24, 2.45) is 45.4 Å². The molecule has 6 atom stereocenters. The van der Waals surface area contributed by atoms with Crippen LogP contribution in [0.3, 0.4) is 0 Å². The van der Waals surface area contributed by atoms with Crippen LogP contribution < -0.4 is 5.73 Å². The minimum Gasteiger partial charge on any atom is -0.396 e. The van der Waals surface area contributed by atoms with Gasteiger partial charge < -0.3 is 10.6 Å². The van der Waals surface area contributed by atoms with Gasteiger partial charge in [0.15, 0.2) is 0 Å². The van der Waals surface area contributed by atoms with E-state index in [4.69, 9.17) is 10.6 Å². The topological polar surface area (TPSA) is 47.6 Å². The van der Waals surface area contributed by atoms with Gasteiger partial charge in [-0.2, -0.15) is 0 Å². The van der Waals surface area contributed by atoms with Gasteiger partial charge in [0.1, 0.15) is 6.61 Å². The van der Waals surface area contributed by atoms with Crippen molar-refractivity contribution in [2.45, 2.75) is 78.1 Å². The van der Waals surface area contributed by atoms with Crippen molar-refractivity contribution in [3.8, 4) is 0 Å². The molecular weight excluding hydrogens is 320 g/mol. The fraction of sp³-hybridized carbons (Fsp3) is 0.870. The molecule has 0 aromatic heterocycles. The van der Waals surface area contributed by atoms with Crippen molar-refractivity contribution in [3.63, 3.8) is 0 Å². The van der Waals surface area contributed by atoms with Crippen LogP contribution in [0.15, 0.2) is 17.3 Å².